The quantitative estimate of drug-likeness (QED) is 0.403. The van der Waals surface area contributed by atoms with Crippen molar-refractivity contribution >= 4 is 43.0 Å². The molecule has 0 saturated carbocycles. The third-order valence-electron chi connectivity index (χ3n) is 2.49. The third-order valence-corrected chi connectivity index (χ3v) is 4.44. The number of fused-ring (bicyclic) bond motifs is 1. The number of para-hydroxylation sites is 1. The summed E-state index contributed by atoms with van der Waals surface area (Å²) >= 11 is 2.58. The standard InChI is InChI=1S/C12H8N4O2S2/c17-16(18)11-6-5-8(19-11)7-13-15-12-14-9-3-1-2-4-10(9)20-12/h1-6H,7H2. The van der Waals surface area contributed by atoms with Crippen LogP contribution in [0.15, 0.2) is 46.6 Å². The number of thiazole rings is 1. The van der Waals surface area contributed by atoms with Crippen LogP contribution in [0.25, 0.3) is 10.2 Å². The minimum atomic E-state index is -0.404. The number of nitro groups is 1. The number of rotatable bonds is 4. The predicted octanol–water partition coefficient (Wildman–Crippen LogP) is 4.55. The first-order valence-corrected chi connectivity index (χ1v) is 7.32. The number of azo groups is 1. The van der Waals surface area contributed by atoms with Crippen LogP contribution in [0, 0.1) is 10.1 Å². The second kappa shape index (κ2) is 5.43. The Hall–Kier alpha value is -2.19. The van der Waals surface area contributed by atoms with Crippen molar-refractivity contribution in [2.45, 2.75) is 6.54 Å². The Labute approximate surface area is 121 Å². The maximum Gasteiger partial charge on any atom is 0.324 e. The van der Waals surface area contributed by atoms with Gasteiger partial charge in [-0.2, -0.15) is 5.11 Å². The van der Waals surface area contributed by atoms with Crippen LogP contribution in [0.2, 0.25) is 0 Å². The highest BCUT2D eigenvalue weighted by atomic mass is 32.1. The van der Waals surface area contributed by atoms with E-state index in [0.29, 0.717) is 11.7 Å². The molecule has 0 saturated heterocycles. The largest absolute Gasteiger partial charge is 0.324 e. The molecule has 3 aromatic rings. The highest BCUT2D eigenvalue weighted by Crippen LogP contribution is 2.29. The SMILES string of the molecule is O=[N+]([O-])c1ccc(CN=Nc2nc3ccccc3s2)s1. The smallest absolute Gasteiger partial charge is 0.258 e. The van der Waals surface area contributed by atoms with Gasteiger partial charge < -0.3 is 0 Å². The minimum Gasteiger partial charge on any atom is -0.258 e. The molecular formula is C12H8N4O2S2. The van der Waals surface area contributed by atoms with E-state index in [9.17, 15) is 10.1 Å². The third kappa shape index (κ3) is 2.70. The van der Waals surface area contributed by atoms with Crippen molar-refractivity contribution in [3.05, 3.63) is 51.4 Å². The van der Waals surface area contributed by atoms with Crippen molar-refractivity contribution in [1.82, 2.24) is 4.98 Å². The monoisotopic (exact) mass is 304 g/mol. The van der Waals surface area contributed by atoms with Gasteiger partial charge in [0.2, 0.25) is 5.13 Å². The van der Waals surface area contributed by atoms with Crippen LogP contribution in [0.1, 0.15) is 4.88 Å². The fraction of sp³-hybridized carbons (Fsp3) is 0.0833. The van der Waals surface area contributed by atoms with Crippen LogP contribution in [0.3, 0.4) is 0 Å². The van der Waals surface area contributed by atoms with Gasteiger partial charge in [0.05, 0.1) is 21.7 Å². The Morgan fingerprint density at radius 1 is 1.20 bits per heavy atom. The van der Waals surface area contributed by atoms with E-state index in [1.165, 1.54) is 17.4 Å². The molecule has 0 aliphatic carbocycles. The molecule has 0 fully saturated rings. The van der Waals surface area contributed by atoms with Crippen molar-refractivity contribution < 1.29 is 4.92 Å². The summed E-state index contributed by atoms with van der Waals surface area (Å²) in [4.78, 5) is 15.3. The fourth-order valence-electron chi connectivity index (χ4n) is 1.62. The summed E-state index contributed by atoms with van der Waals surface area (Å²) < 4.78 is 1.06. The van der Waals surface area contributed by atoms with Crippen LogP contribution >= 0.6 is 22.7 Å². The van der Waals surface area contributed by atoms with Crippen LogP contribution in [0.4, 0.5) is 10.1 Å². The molecule has 2 heterocycles. The van der Waals surface area contributed by atoms with Gasteiger partial charge in [0.25, 0.3) is 0 Å². The minimum absolute atomic E-state index is 0.121. The summed E-state index contributed by atoms with van der Waals surface area (Å²) in [5.74, 6) is 0. The van der Waals surface area contributed by atoms with Gasteiger partial charge in [-0.05, 0) is 18.2 Å². The lowest BCUT2D eigenvalue weighted by Crippen LogP contribution is -1.80. The second-order valence-electron chi connectivity index (χ2n) is 3.86. The maximum atomic E-state index is 10.6. The van der Waals surface area contributed by atoms with E-state index in [2.05, 4.69) is 15.2 Å². The van der Waals surface area contributed by atoms with Crippen molar-refractivity contribution in [3.8, 4) is 0 Å². The number of nitrogens with zero attached hydrogens (tertiary/aromatic N) is 4. The first kappa shape index (κ1) is 12.8. The fourth-order valence-corrected chi connectivity index (χ4v) is 3.16. The van der Waals surface area contributed by atoms with Crippen LogP contribution in [0.5, 0.6) is 0 Å². The molecule has 20 heavy (non-hydrogen) atoms. The van der Waals surface area contributed by atoms with Crippen molar-refractivity contribution in [2.24, 2.45) is 10.2 Å². The maximum absolute atomic E-state index is 10.6. The predicted molar refractivity (Wildman–Crippen MR) is 78.8 cm³/mol. The summed E-state index contributed by atoms with van der Waals surface area (Å²) in [6.45, 7) is 0.328. The van der Waals surface area contributed by atoms with Gasteiger partial charge in [0, 0.05) is 10.9 Å². The van der Waals surface area contributed by atoms with Gasteiger partial charge >= 0.3 is 5.00 Å². The molecule has 100 valence electrons. The van der Waals surface area contributed by atoms with Crippen molar-refractivity contribution in [3.63, 3.8) is 0 Å². The summed E-state index contributed by atoms with van der Waals surface area (Å²) in [6, 6.07) is 11.0. The van der Waals surface area contributed by atoms with Gasteiger partial charge in [-0.25, -0.2) is 4.98 Å². The van der Waals surface area contributed by atoms with Gasteiger partial charge in [0.1, 0.15) is 0 Å². The Kier molecular flexibility index (Phi) is 3.48. The molecule has 2 aromatic heterocycles. The summed E-state index contributed by atoms with van der Waals surface area (Å²) in [5.41, 5.74) is 0.901. The highest BCUT2D eigenvalue weighted by molar-refractivity contribution is 7.21. The molecule has 0 unspecified atom stereocenters. The van der Waals surface area contributed by atoms with Crippen LogP contribution in [-0.2, 0) is 6.54 Å². The zero-order valence-corrected chi connectivity index (χ0v) is 11.7. The van der Waals surface area contributed by atoms with Gasteiger partial charge in [-0.15, -0.1) is 5.11 Å². The van der Waals surface area contributed by atoms with E-state index in [1.54, 1.807) is 6.07 Å². The topological polar surface area (TPSA) is 80.8 Å². The molecule has 3 rings (SSSR count). The zero-order chi connectivity index (χ0) is 13.9. The Bertz CT molecular complexity index is 760. The summed E-state index contributed by atoms with van der Waals surface area (Å²) in [7, 11) is 0. The lowest BCUT2D eigenvalue weighted by molar-refractivity contribution is -0.380. The van der Waals surface area contributed by atoms with E-state index >= 15 is 0 Å². The molecule has 8 heteroatoms. The second-order valence-corrected chi connectivity index (χ2v) is 6.02. The molecule has 0 bridgehead atoms. The molecule has 0 spiro atoms. The van der Waals surface area contributed by atoms with E-state index in [-0.39, 0.29) is 5.00 Å². The van der Waals surface area contributed by atoms with Crippen LogP contribution in [-0.4, -0.2) is 9.91 Å². The summed E-state index contributed by atoms with van der Waals surface area (Å²) in [6.07, 6.45) is 0. The normalized spacial score (nSPS) is 11.4. The first-order valence-electron chi connectivity index (χ1n) is 5.68. The number of aromatic nitrogens is 1. The van der Waals surface area contributed by atoms with Crippen molar-refractivity contribution in [2.75, 3.05) is 0 Å². The molecule has 0 aliphatic rings. The van der Waals surface area contributed by atoms with Gasteiger partial charge in [-0.3, -0.25) is 10.1 Å². The van der Waals surface area contributed by atoms with E-state index in [0.717, 1.165) is 26.4 Å². The number of hydrogen-bond acceptors (Lipinski definition) is 7. The van der Waals surface area contributed by atoms with Gasteiger partial charge in [0.15, 0.2) is 0 Å². The summed E-state index contributed by atoms with van der Waals surface area (Å²) in [5, 5.41) is 19.4. The van der Waals surface area contributed by atoms with Crippen molar-refractivity contribution in [1.29, 1.82) is 0 Å². The van der Waals surface area contributed by atoms with E-state index in [4.69, 9.17) is 0 Å². The molecular weight excluding hydrogens is 296 g/mol. The first-order chi connectivity index (χ1) is 9.72. The van der Waals surface area contributed by atoms with E-state index in [1.807, 2.05) is 24.3 Å². The molecule has 0 atom stereocenters. The molecule has 6 nitrogen and oxygen atoms in total. The molecule has 0 amide bonds. The average Bonchev–Trinajstić information content (AvgIpc) is 3.04. The Balaban J connectivity index is 1.71. The lowest BCUT2D eigenvalue weighted by atomic mass is 10.3. The highest BCUT2D eigenvalue weighted by Gasteiger charge is 2.09. The number of thiophene rings is 1. The molecule has 1 aromatic carbocycles. The Morgan fingerprint density at radius 2 is 2.05 bits per heavy atom. The number of hydrogen-bond donors (Lipinski definition) is 0. The Morgan fingerprint density at radius 3 is 2.80 bits per heavy atom. The van der Waals surface area contributed by atoms with Crippen LogP contribution < -0.4 is 0 Å². The zero-order valence-electron chi connectivity index (χ0n) is 10.1. The lowest BCUT2D eigenvalue weighted by Gasteiger charge is -1.85. The molecule has 0 aliphatic heterocycles. The van der Waals surface area contributed by atoms with E-state index < -0.39 is 4.92 Å². The number of benzene rings is 1. The molecule has 0 N–H and O–H groups in total. The molecule has 0 radical (unpaired) electrons. The van der Waals surface area contributed by atoms with Gasteiger partial charge in [-0.1, -0.05) is 34.8 Å². The average molecular weight is 304 g/mol.